The standard InChI is InChI=1S/C18H28N4O2/c1-14(2)19-17(23)13-21-9-11-22(12-10-21)15(3)18(24)20-16-7-5-4-6-8-16/h4-8,14-15H,9-13H2,1-3H3,(H,19,23)(H,20,24)/t15-/m1/s1. The average molecular weight is 332 g/mol. The lowest BCUT2D eigenvalue weighted by Gasteiger charge is -2.37. The Balaban J connectivity index is 1.77. The minimum atomic E-state index is -0.183. The van der Waals surface area contributed by atoms with Crippen LogP contribution in [0.2, 0.25) is 0 Å². The first-order chi connectivity index (χ1) is 11.5. The number of carbonyl (C=O) groups excluding carboxylic acids is 2. The zero-order valence-electron chi connectivity index (χ0n) is 14.8. The van der Waals surface area contributed by atoms with Crippen molar-refractivity contribution in [1.29, 1.82) is 0 Å². The van der Waals surface area contributed by atoms with Crippen molar-refractivity contribution in [3.63, 3.8) is 0 Å². The summed E-state index contributed by atoms with van der Waals surface area (Å²) in [6, 6.07) is 9.49. The number of amides is 2. The highest BCUT2D eigenvalue weighted by molar-refractivity contribution is 5.94. The van der Waals surface area contributed by atoms with Crippen LogP contribution >= 0.6 is 0 Å². The van der Waals surface area contributed by atoms with Crippen LogP contribution in [0.15, 0.2) is 30.3 Å². The van der Waals surface area contributed by atoms with Gasteiger partial charge in [0.05, 0.1) is 12.6 Å². The van der Waals surface area contributed by atoms with E-state index in [1.54, 1.807) is 0 Å². The fraction of sp³-hybridized carbons (Fsp3) is 0.556. The molecule has 0 unspecified atom stereocenters. The molecule has 0 aliphatic carbocycles. The van der Waals surface area contributed by atoms with Gasteiger partial charge in [-0.1, -0.05) is 18.2 Å². The fourth-order valence-electron chi connectivity index (χ4n) is 2.81. The van der Waals surface area contributed by atoms with Gasteiger partial charge in [0.25, 0.3) is 0 Å². The monoisotopic (exact) mass is 332 g/mol. The maximum Gasteiger partial charge on any atom is 0.241 e. The van der Waals surface area contributed by atoms with E-state index >= 15 is 0 Å². The van der Waals surface area contributed by atoms with Gasteiger partial charge >= 0.3 is 0 Å². The molecule has 24 heavy (non-hydrogen) atoms. The van der Waals surface area contributed by atoms with Gasteiger partial charge < -0.3 is 10.6 Å². The Morgan fingerprint density at radius 3 is 2.25 bits per heavy atom. The van der Waals surface area contributed by atoms with Crippen LogP contribution in [-0.4, -0.2) is 66.4 Å². The molecule has 1 aliphatic rings. The first-order valence-corrected chi connectivity index (χ1v) is 8.57. The summed E-state index contributed by atoms with van der Waals surface area (Å²) < 4.78 is 0. The topological polar surface area (TPSA) is 64.7 Å². The van der Waals surface area contributed by atoms with Crippen molar-refractivity contribution >= 4 is 17.5 Å². The highest BCUT2D eigenvalue weighted by Crippen LogP contribution is 2.10. The molecule has 0 bridgehead atoms. The van der Waals surface area contributed by atoms with Crippen LogP contribution in [-0.2, 0) is 9.59 Å². The van der Waals surface area contributed by atoms with E-state index in [0.717, 1.165) is 31.9 Å². The lowest BCUT2D eigenvalue weighted by molar-refractivity contribution is -0.125. The predicted molar refractivity (Wildman–Crippen MR) is 95.8 cm³/mol. The van der Waals surface area contributed by atoms with Gasteiger partial charge in [-0.3, -0.25) is 19.4 Å². The molecule has 1 aromatic carbocycles. The van der Waals surface area contributed by atoms with Crippen molar-refractivity contribution in [3.8, 4) is 0 Å². The minimum absolute atomic E-state index is 0.00667. The predicted octanol–water partition coefficient (Wildman–Crippen LogP) is 1.16. The van der Waals surface area contributed by atoms with Crippen molar-refractivity contribution in [3.05, 3.63) is 30.3 Å². The second kappa shape index (κ2) is 8.80. The molecule has 1 heterocycles. The number of hydrogen-bond donors (Lipinski definition) is 2. The third-order valence-electron chi connectivity index (χ3n) is 4.19. The SMILES string of the molecule is CC(C)NC(=O)CN1CCN([C@H](C)C(=O)Nc2ccccc2)CC1. The minimum Gasteiger partial charge on any atom is -0.353 e. The smallest absolute Gasteiger partial charge is 0.241 e. The average Bonchev–Trinajstić information content (AvgIpc) is 2.55. The zero-order valence-corrected chi connectivity index (χ0v) is 14.8. The van der Waals surface area contributed by atoms with Crippen LogP contribution in [0.1, 0.15) is 20.8 Å². The molecule has 1 fully saturated rings. The number of carbonyl (C=O) groups is 2. The molecule has 2 N–H and O–H groups in total. The maximum absolute atomic E-state index is 12.4. The summed E-state index contributed by atoms with van der Waals surface area (Å²) in [5.41, 5.74) is 0.818. The van der Waals surface area contributed by atoms with Crippen molar-refractivity contribution in [2.24, 2.45) is 0 Å². The largest absolute Gasteiger partial charge is 0.353 e. The summed E-state index contributed by atoms with van der Waals surface area (Å²) in [7, 11) is 0. The Bertz CT molecular complexity index is 539. The van der Waals surface area contributed by atoms with Gasteiger partial charge in [-0.15, -0.1) is 0 Å². The molecule has 1 aliphatic heterocycles. The Morgan fingerprint density at radius 2 is 1.67 bits per heavy atom. The first-order valence-electron chi connectivity index (χ1n) is 8.57. The highest BCUT2D eigenvalue weighted by atomic mass is 16.2. The summed E-state index contributed by atoms with van der Waals surface area (Å²) in [6.45, 7) is 9.46. The number of para-hydroxylation sites is 1. The lowest BCUT2D eigenvalue weighted by atomic mass is 10.2. The molecule has 6 heteroatoms. The van der Waals surface area contributed by atoms with E-state index in [1.807, 2.05) is 51.1 Å². The van der Waals surface area contributed by atoms with Crippen molar-refractivity contribution in [2.75, 3.05) is 38.0 Å². The number of benzene rings is 1. The molecule has 0 radical (unpaired) electrons. The third kappa shape index (κ3) is 5.62. The molecule has 2 amide bonds. The summed E-state index contributed by atoms with van der Waals surface area (Å²) in [5.74, 6) is 0.0699. The normalized spacial score (nSPS) is 17.5. The van der Waals surface area contributed by atoms with Crippen LogP contribution in [0, 0.1) is 0 Å². The van der Waals surface area contributed by atoms with Gasteiger partial charge in [-0.2, -0.15) is 0 Å². The molecule has 0 saturated carbocycles. The number of rotatable bonds is 6. The molecule has 2 rings (SSSR count). The van der Waals surface area contributed by atoms with E-state index in [0.29, 0.717) is 6.54 Å². The quantitative estimate of drug-likeness (QED) is 0.820. The van der Waals surface area contributed by atoms with E-state index in [2.05, 4.69) is 20.4 Å². The first kappa shape index (κ1) is 18.4. The van der Waals surface area contributed by atoms with Gasteiger partial charge in [0.15, 0.2) is 0 Å². The van der Waals surface area contributed by atoms with Crippen molar-refractivity contribution in [2.45, 2.75) is 32.9 Å². The molecule has 0 spiro atoms. The molecule has 1 aromatic rings. The van der Waals surface area contributed by atoms with Crippen molar-refractivity contribution < 1.29 is 9.59 Å². The zero-order chi connectivity index (χ0) is 17.5. The van der Waals surface area contributed by atoms with E-state index in [9.17, 15) is 9.59 Å². The maximum atomic E-state index is 12.4. The van der Waals surface area contributed by atoms with Crippen molar-refractivity contribution in [1.82, 2.24) is 15.1 Å². The highest BCUT2D eigenvalue weighted by Gasteiger charge is 2.26. The van der Waals surface area contributed by atoms with Crippen LogP contribution in [0.25, 0.3) is 0 Å². The van der Waals surface area contributed by atoms with Gasteiger partial charge in [-0.05, 0) is 32.9 Å². The summed E-state index contributed by atoms with van der Waals surface area (Å²) >= 11 is 0. The number of nitrogens with zero attached hydrogens (tertiary/aromatic N) is 2. The fourth-order valence-corrected chi connectivity index (χ4v) is 2.81. The summed E-state index contributed by atoms with van der Waals surface area (Å²) in [6.07, 6.45) is 0. The number of nitrogens with one attached hydrogen (secondary N) is 2. The lowest BCUT2D eigenvalue weighted by Crippen LogP contribution is -2.54. The molecular weight excluding hydrogens is 304 g/mol. The Morgan fingerprint density at radius 1 is 1.04 bits per heavy atom. The van der Waals surface area contributed by atoms with E-state index in [-0.39, 0.29) is 23.9 Å². The van der Waals surface area contributed by atoms with Gasteiger partial charge in [0.1, 0.15) is 0 Å². The molecular formula is C18H28N4O2. The summed E-state index contributed by atoms with van der Waals surface area (Å²) in [4.78, 5) is 28.5. The van der Waals surface area contributed by atoms with E-state index < -0.39 is 0 Å². The van der Waals surface area contributed by atoms with E-state index in [1.165, 1.54) is 0 Å². The number of piperazine rings is 1. The molecule has 132 valence electrons. The van der Waals surface area contributed by atoms with E-state index in [4.69, 9.17) is 0 Å². The Kier molecular flexibility index (Phi) is 6.75. The van der Waals surface area contributed by atoms with Gasteiger partial charge in [-0.25, -0.2) is 0 Å². The van der Waals surface area contributed by atoms with Crippen LogP contribution in [0.4, 0.5) is 5.69 Å². The molecule has 6 nitrogen and oxygen atoms in total. The Hall–Kier alpha value is -1.92. The second-order valence-corrected chi connectivity index (χ2v) is 6.57. The van der Waals surface area contributed by atoms with Crippen LogP contribution in [0.3, 0.4) is 0 Å². The number of anilines is 1. The Labute approximate surface area is 144 Å². The summed E-state index contributed by atoms with van der Waals surface area (Å²) in [5, 5.41) is 5.86. The van der Waals surface area contributed by atoms with Crippen LogP contribution < -0.4 is 10.6 Å². The second-order valence-electron chi connectivity index (χ2n) is 6.57. The molecule has 0 aromatic heterocycles. The third-order valence-corrected chi connectivity index (χ3v) is 4.19. The molecule has 1 saturated heterocycles. The van der Waals surface area contributed by atoms with Crippen LogP contribution in [0.5, 0.6) is 0 Å². The molecule has 1 atom stereocenters. The van der Waals surface area contributed by atoms with Gasteiger partial charge in [0.2, 0.25) is 11.8 Å². The van der Waals surface area contributed by atoms with Gasteiger partial charge in [0, 0.05) is 37.9 Å². The number of hydrogen-bond acceptors (Lipinski definition) is 4.